The van der Waals surface area contributed by atoms with Gasteiger partial charge in [0, 0.05) is 15.5 Å². The summed E-state index contributed by atoms with van der Waals surface area (Å²) in [5.74, 6) is -0.944. The van der Waals surface area contributed by atoms with Crippen LogP contribution in [-0.2, 0) is 14.8 Å². The first-order valence-electron chi connectivity index (χ1n) is 6.37. The van der Waals surface area contributed by atoms with E-state index in [-0.39, 0.29) is 11.4 Å². The van der Waals surface area contributed by atoms with Crippen molar-refractivity contribution in [2.75, 3.05) is 6.54 Å². The summed E-state index contributed by atoms with van der Waals surface area (Å²) in [5, 5.41) is 9.23. The van der Waals surface area contributed by atoms with Crippen molar-refractivity contribution in [2.45, 2.75) is 31.1 Å². The van der Waals surface area contributed by atoms with Crippen LogP contribution >= 0.6 is 31.9 Å². The molecule has 2 rings (SSSR count). The zero-order chi connectivity index (χ0) is 15.8. The SMILES string of the molecule is Cc1cc(Br)c(S(=O)(=O)NCC2(C(=O)O)CCC2)cc1Br. The van der Waals surface area contributed by atoms with E-state index >= 15 is 0 Å². The lowest BCUT2D eigenvalue weighted by Gasteiger charge is -2.37. The summed E-state index contributed by atoms with van der Waals surface area (Å²) in [7, 11) is -3.76. The molecule has 5 nitrogen and oxygen atoms in total. The highest BCUT2D eigenvalue weighted by Crippen LogP contribution is 2.41. The molecule has 1 saturated carbocycles. The molecule has 0 heterocycles. The van der Waals surface area contributed by atoms with Gasteiger partial charge in [0.1, 0.15) is 0 Å². The number of rotatable bonds is 5. The Morgan fingerprint density at radius 1 is 1.33 bits per heavy atom. The highest BCUT2D eigenvalue weighted by atomic mass is 79.9. The normalized spacial score (nSPS) is 17.3. The van der Waals surface area contributed by atoms with E-state index in [1.165, 1.54) is 6.07 Å². The van der Waals surface area contributed by atoms with Crippen molar-refractivity contribution in [1.82, 2.24) is 4.72 Å². The maximum Gasteiger partial charge on any atom is 0.310 e. The van der Waals surface area contributed by atoms with Crippen molar-refractivity contribution in [3.05, 3.63) is 26.6 Å². The van der Waals surface area contributed by atoms with Crippen LogP contribution in [0, 0.1) is 12.3 Å². The molecule has 8 heteroatoms. The quantitative estimate of drug-likeness (QED) is 0.736. The van der Waals surface area contributed by atoms with Crippen LogP contribution in [0.2, 0.25) is 0 Å². The molecule has 0 atom stereocenters. The van der Waals surface area contributed by atoms with Gasteiger partial charge in [-0.15, -0.1) is 0 Å². The van der Waals surface area contributed by atoms with Crippen molar-refractivity contribution in [2.24, 2.45) is 5.41 Å². The maximum absolute atomic E-state index is 12.4. The molecule has 0 spiro atoms. The van der Waals surface area contributed by atoms with Crippen LogP contribution < -0.4 is 4.72 Å². The fraction of sp³-hybridized carbons (Fsp3) is 0.462. The number of hydrogen-bond acceptors (Lipinski definition) is 3. The Hall–Kier alpha value is -0.440. The van der Waals surface area contributed by atoms with Crippen LogP contribution in [0.5, 0.6) is 0 Å². The highest BCUT2D eigenvalue weighted by Gasteiger charge is 2.45. The van der Waals surface area contributed by atoms with Crippen LogP contribution in [0.1, 0.15) is 24.8 Å². The Balaban J connectivity index is 2.23. The molecule has 2 N–H and O–H groups in total. The van der Waals surface area contributed by atoms with Crippen molar-refractivity contribution in [3.63, 3.8) is 0 Å². The van der Waals surface area contributed by atoms with Crippen LogP contribution in [0.15, 0.2) is 26.0 Å². The van der Waals surface area contributed by atoms with Crippen LogP contribution in [0.3, 0.4) is 0 Å². The predicted molar refractivity (Wildman–Crippen MR) is 85.7 cm³/mol. The largest absolute Gasteiger partial charge is 0.481 e. The fourth-order valence-electron chi connectivity index (χ4n) is 2.21. The number of halogens is 2. The van der Waals surface area contributed by atoms with E-state index in [2.05, 4.69) is 36.6 Å². The van der Waals surface area contributed by atoms with E-state index in [9.17, 15) is 18.3 Å². The average Bonchev–Trinajstić information content (AvgIpc) is 2.31. The Labute approximate surface area is 140 Å². The lowest BCUT2D eigenvalue weighted by Crippen LogP contribution is -2.47. The number of carboxylic acids is 1. The zero-order valence-electron chi connectivity index (χ0n) is 11.3. The minimum Gasteiger partial charge on any atom is -0.481 e. The minimum atomic E-state index is -3.76. The number of hydrogen-bond donors (Lipinski definition) is 2. The number of aliphatic carboxylic acids is 1. The number of nitrogens with one attached hydrogen (secondary N) is 1. The fourth-order valence-corrected chi connectivity index (χ4v) is 5.02. The van der Waals surface area contributed by atoms with E-state index in [1.54, 1.807) is 6.07 Å². The zero-order valence-corrected chi connectivity index (χ0v) is 15.3. The van der Waals surface area contributed by atoms with Gasteiger partial charge in [0.15, 0.2) is 0 Å². The second kappa shape index (κ2) is 5.98. The molecule has 1 aliphatic rings. The number of benzene rings is 1. The topological polar surface area (TPSA) is 83.5 Å². The van der Waals surface area contributed by atoms with Gasteiger partial charge in [-0.05, 0) is 53.4 Å². The Bertz CT molecular complexity index is 684. The summed E-state index contributed by atoms with van der Waals surface area (Å²) in [6.07, 6.45) is 1.82. The standard InChI is InChI=1S/C13H15Br2NO4S/c1-8-5-10(15)11(6-9(8)14)21(19,20)16-7-13(12(17)18)3-2-4-13/h5-6,16H,2-4,7H2,1H3,(H,17,18). The van der Waals surface area contributed by atoms with Gasteiger partial charge in [-0.2, -0.15) is 0 Å². The van der Waals surface area contributed by atoms with E-state index in [1.807, 2.05) is 6.92 Å². The van der Waals surface area contributed by atoms with Gasteiger partial charge >= 0.3 is 5.97 Å². The van der Waals surface area contributed by atoms with Gasteiger partial charge in [-0.3, -0.25) is 4.79 Å². The second-order valence-corrected chi connectivity index (χ2v) is 8.74. The molecule has 1 aliphatic carbocycles. The van der Waals surface area contributed by atoms with Crippen LogP contribution in [0.4, 0.5) is 0 Å². The van der Waals surface area contributed by atoms with Crippen LogP contribution in [-0.4, -0.2) is 26.0 Å². The summed E-state index contributed by atoms with van der Waals surface area (Å²) in [6.45, 7) is 1.77. The first-order chi connectivity index (χ1) is 9.68. The molecule has 1 aromatic carbocycles. The number of carbonyl (C=O) groups is 1. The first-order valence-corrected chi connectivity index (χ1v) is 9.44. The molecule has 21 heavy (non-hydrogen) atoms. The molecule has 0 saturated heterocycles. The summed E-state index contributed by atoms with van der Waals surface area (Å²) in [5.41, 5.74) is -0.0524. The van der Waals surface area contributed by atoms with Gasteiger partial charge in [0.05, 0.1) is 10.3 Å². The van der Waals surface area contributed by atoms with Crippen molar-refractivity contribution < 1.29 is 18.3 Å². The molecule has 1 aromatic rings. The van der Waals surface area contributed by atoms with E-state index in [0.29, 0.717) is 21.8 Å². The third kappa shape index (κ3) is 3.33. The van der Waals surface area contributed by atoms with Gasteiger partial charge in [-0.1, -0.05) is 22.4 Å². The second-order valence-electron chi connectivity index (χ2n) is 5.30. The number of aryl methyl sites for hydroxylation is 1. The molecule has 0 amide bonds. The summed E-state index contributed by atoms with van der Waals surface area (Å²) >= 11 is 6.55. The number of sulfonamides is 1. The molecular formula is C13H15Br2NO4S. The lowest BCUT2D eigenvalue weighted by molar-refractivity contribution is -0.153. The monoisotopic (exact) mass is 439 g/mol. The van der Waals surface area contributed by atoms with E-state index in [0.717, 1.165) is 12.0 Å². The van der Waals surface area contributed by atoms with Crippen molar-refractivity contribution in [1.29, 1.82) is 0 Å². The lowest BCUT2D eigenvalue weighted by atomic mass is 9.69. The molecule has 0 aromatic heterocycles. The van der Waals surface area contributed by atoms with Gasteiger partial charge in [0.2, 0.25) is 10.0 Å². The predicted octanol–water partition coefficient (Wildman–Crippen LogP) is 3.05. The molecule has 0 bridgehead atoms. The minimum absolute atomic E-state index is 0.0808. The summed E-state index contributed by atoms with van der Waals surface area (Å²) in [6, 6.07) is 3.21. The third-order valence-electron chi connectivity index (χ3n) is 3.87. The van der Waals surface area contributed by atoms with E-state index < -0.39 is 21.4 Å². The Morgan fingerprint density at radius 2 is 1.95 bits per heavy atom. The molecule has 0 radical (unpaired) electrons. The third-order valence-corrected chi connectivity index (χ3v) is 7.08. The summed E-state index contributed by atoms with van der Waals surface area (Å²) in [4.78, 5) is 11.4. The van der Waals surface area contributed by atoms with Crippen molar-refractivity contribution in [3.8, 4) is 0 Å². The summed E-state index contributed by atoms with van der Waals surface area (Å²) < 4.78 is 28.3. The Kier molecular flexibility index (Phi) is 4.82. The molecule has 116 valence electrons. The average molecular weight is 441 g/mol. The highest BCUT2D eigenvalue weighted by molar-refractivity contribution is 9.11. The molecular weight excluding hydrogens is 426 g/mol. The van der Waals surface area contributed by atoms with Crippen molar-refractivity contribution >= 4 is 47.9 Å². The van der Waals surface area contributed by atoms with Gasteiger partial charge in [0.25, 0.3) is 0 Å². The van der Waals surface area contributed by atoms with E-state index in [4.69, 9.17) is 0 Å². The smallest absolute Gasteiger partial charge is 0.310 e. The van der Waals surface area contributed by atoms with Crippen LogP contribution in [0.25, 0.3) is 0 Å². The molecule has 0 aliphatic heterocycles. The maximum atomic E-state index is 12.4. The Morgan fingerprint density at radius 3 is 2.43 bits per heavy atom. The molecule has 1 fully saturated rings. The number of carboxylic acid groups (broad SMARTS) is 1. The van der Waals surface area contributed by atoms with Gasteiger partial charge < -0.3 is 5.11 Å². The van der Waals surface area contributed by atoms with Gasteiger partial charge in [-0.25, -0.2) is 13.1 Å². The first kappa shape index (κ1) is 16.9. The molecule has 0 unspecified atom stereocenters.